The SMILES string of the molecule is Fc1cc2ccc(COc3ccc4c(c3)C(SC[C]3CC3)c3cccnc3CO4)nc2cc1F. The summed E-state index contributed by atoms with van der Waals surface area (Å²) in [7, 11) is 0. The molecule has 0 saturated heterocycles. The second-order valence-corrected chi connectivity index (χ2v) is 9.61. The first-order valence-corrected chi connectivity index (χ1v) is 12.2. The van der Waals surface area contributed by atoms with Gasteiger partial charge in [-0.2, -0.15) is 0 Å². The molecule has 4 nitrogen and oxygen atoms in total. The summed E-state index contributed by atoms with van der Waals surface area (Å²) < 4.78 is 39.2. The first-order chi connectivity index (χ1) is 16.6. The van der Waals surface area contributed by atoms with Crippen LogP contribution in [0.15, 0.2) is 60.8 Å². The van der Waals surface area contributed by atoms with Crippen molar-refractivity contribution in [3.8, 4) is 11.5 Å². The fraction of sp³-hybridized carbons (Fsp3) is 0.222. The summed E-state index contributed by atoms with van der Waals surface area (Å²) >= 11 is 1.90. The van der Waals surface area contributed by atoms with Crippen molar-refractivity contribution in [2.75, 3.05) is 5.75 Å². The molecule has 1 saturated carbocycles. The van der Waals surface area contributed by atoms with Crippen LogP contribution in [0.5, 0.6) is 11.5 Å². The Morgan fingerprint density at radius 3 is 2.76 bits per heavy atom. The second kappa shape index (κ2) is 8.87. The highest BCUT2D eigenvalue weighted by Crippen LogP contribution is 2.48. The first kappa shape index (κ1) is 21.4. The van der Waals surface area contributed by atoms with Crippen LogP contribution in [0, 0.1) is 17.6 Å². The predicted molar refractivity (Wildman–Crippen MR) is 128 cm³/mol. The molecule has 1 aliphatic carbocycles. The van der Waals surface area contributed by atoms with E-state index in [9.17, 15) is 8.78 Å². The Labute approximate surface area is 200 Å². The molecule has 1 atom stereocenters. The highest BCUT2D eigenvalue weighted by atomic mass is 32.2. The Kier molecular flexibility index (Phi) is 5.57. The van der Waals surface area contributed by atoms with Crippen molar-refractivity contribution in [1.82, 2.24) is 9.97 Å². The Morgan fingerprint density at radius 1 is 1.00 bits per heavy atom. The van der Waals surface area contributed by atoms with E-state index in [0.717, 1.165) is 34.9 Å². The van der Waals surface area contributed by atoms with Crippen molar-refractivity contribution in [3.63, 3.8) is 0 Å². The molecule has 1 aliphatic heterocycles. The summed E-state index contributed by atoms with van der Waals surface area (Å²) in [5, 5.41) is 0.653. The van der Waals surface area contributed by atoms with Gasteiger partial charge in [-0.05, 0) is 60.7 Å². The molecular formula is C27H21F2N2O2S. The summed E-state index contributed by atoms with van der Waals surface area (Å²) in [6.07, 6.45) is 4.25. The number of halogens is 2. The molecule has 2 aromatic heterocycles. The minimum Gasteiger partial charge on any atom is -0.487 e. The molecule has 0 N–H and O–H groups in total. The number of benzene rings is 2. The number of fused-ring (bicyclic) bond motifs is 3. The van der Waals surface area contributed by atoms with Gasteiger partial charge in [0.05, 0.1) is 22.2 Å². The average Bonchev–Trinajstić information content (AvgIpc) is 3.69. The van der Waals surface area contributed by atoms with Crippen LogP contribution >= 0.6 is 11.8 Å². The van der Waals surface area contributed by atoms with Crippen LogP contribution in [-0.2, 0) is 13.2 Å². The van der Waals surface area contributed by atoms with Gasteiger partial charge in [0, 0.05) is 29.0 Å². The van der Waals surface area contributed by atoms with Gasteiger partial charge in [0.2, 0.25) is 0 Å². The minimum absolute atomic E-state index is 0.106. The largest absolute Gasteiger partial charge is 0.487 e. The van der Waals surface area contributed by atoms with Crippen molar-refractivity contribution < 1.29 is 18.3 Å². The van der Waals surface area contributed by atoms with E-state index in [0.29, 0.717) is 29.0 Å². The third-order valence-electron chi connectivity index (χ3n) is 6.07. The van der Waals surface area contributed by atoms with Crippen LogP contribution < -0.4 is 9.47 Å². The van der Waals surface area contributed by atoms with Gasteiger partial charge in [-0.1, -0.05) is 12.1 Å². The maximum absolute atomic E-state index is 13.6. The van der Waals surface area contributed by atoms with E-state index in [-0.39, 0.29) is 11.9 Å². The van der Waals surface area contributed by atoms with E-state index in [1.165, 1.54) is 18.4 Å². The number of hydrogen-bond donors (Lipinski definition) is 0. The van der Waals surface area contributed by atoms with Crippen LogP contribution in [-0.4, -0.2) is 15.7 Å². The monoisotopic (exact) mass is 475 g/mol. The maximum atomic E-state index is 13.6. The van der Waals surface area contributed by atoms with Gasteiger partial charge in [0.15, 0.2) is 11.6 Å². The predicted octanol–water partition coefficient (Wildman–Crippen LogP) is 6.57. The third kappa shape index (κ3) is 4.32. The Hall–Kier alpha value is -3.19. The molecule has 4 aromatic rings. The van der Waals surface area contributed by atoms with E-state index in [2.05, 4.69) is 16.0 Å². The van der Waals surface area contributed by atoms with Gasteiger partial charge in [-0.3, -0.25) is 4.98 Å². The van der Waals surface area contributed by atoms with Gasteiger partial charge in [-0.15, -0.1) is 11.8 Å². The highest BCUT2D eigenvalue weighted by molar-refractivity contribution is 7.99. The number of ether oxygens (including phenoxy) is 2. The lowest BCUT2D eigenvalue weighted by Gasteiger charge is -2.19. The second-order valence-electron chi connectivity index (χ2n) is 8.52. The van der Waals surface area contributed by atoms with E-state index in [4.69, 9.17) is 9.47 Å². The van der Waals surface area contributed by atoms with Crippen LogP contribution in [0.3, 0.4) is 0 Å². The summed E-state index contributed by atoms with van der Waals surface area (Å²) in [6.45, 7) is 0.650. The lowest BCUT2D eigenvalue weighted by Crippen LogP contribution is -2.03. The maximum Gasteiger partial charge on any atom is 0.161 e. The zero-order chi connectivity index (χ0) is 23.1. The van der Waals surface area contributed by atoms with Crippen LogP contribution in [0.1, 0.15) is 40.6 Å². The molecule has 34 heavy (non-hydrogen) atoms. The standard InChI is InChI=1S/C27H21F2N2O2S/c28-22-10-17-5-6-18(31-24(17)12-23(22)29)13-32-19-7-8-26-21(11-19)27(34-15-16-3-4-16)20-2-1-9-30-25(20)14-33-26/h1-2,5-12,27H,3-4,13-15H2. The molecule has 7 heteroatoms. The van der Waals surface area contributed by atoms with Gasteiger partial charge < -0.3 is 9.47 Å². The van der Waals surface area contributed by atoms with Crippen LogP contribution in [0.2, 0.25) is 0 Å². The molecule has 2 aliphatic rings. The Bertz CT molecular complexity index is 1380. The summed E-state index contributed by atoms with van der Waals surface area (Å²) in [5.41, 5.74) is 4.24. The molecule has 0 amide bonds. The summed E-state index contributed by atoms with van der Waals surface area (Å²) in [6, 6.07) is 15.7. The zero-order valence-corrected chi connectivity index (χ0v) is 19.1. The van der Waals surface area contributed by atoms with Crippen molar-refractivity contribution in [3.05, 3.63) is 101 Å². The fourth-order valence-corrected chi connectivity index (χ4v) is 5.54. The fourth-order valence-electron chi connectivity index (χ4n) is 4.09. The van der Waals surface area contributed by atoms with Crippen molar-refractivity contribution in [2.45, 2.75) is 31.3 Å². The topological polar surface area (TPSA) is 44.2 Å². The molecule has 1 unspecified atom stereocenters. The molecule has 0 spiro atoms. The van der Waals surface area contributed by atoms with Crippen molar-refractivity contribution in [1.29, 1.82) is 0 Å². The quantitative estimate of drug-likeness (QED) is 0.316. The number of thioether (sulfide) groups is 1. The molecule has 1 radical (unpaired) electrons. The molecule has 1 fully saturated rings. The zero-order valence-electron chi connectivity index (χ0n) is 18.3. The molecule has 0 bridgehead atoms. The third-order valence-corrected chi connectivity index (χ3v) is 7.49. The first-order valence-electron chi connectivity index (χ1n) is 11.2. The molecular weight excluding hydrogens is 454 g/mol. The van der Waals surface area contributed by atoms with E-state index < -0.39 is 11.6 Å². The van der Waals surface area contributed by atoms with Crippen molar-refractivity contribution >= 4 is 22.7 Å². The molecule has 171 valence electrons. The Balaban J connectivity index is 1.27. The summed E-state index contributed by atoms with van der Waals surface area (Å²) in [4.78, 5) is 8.98. The Morgan fingerprint density at radius 2 is 1.88 bits per heavy atom. The van der Waals surface area contributed by atoms with Gasteiger partial charge >= 0.3 is 0 Å². The lowest BCUT2D eigenvalue weighted by atomic mass is 10.0. The van der Waals surface area contributed by atoms with Crippen molar-refractivity contribution in [2.24, 2.45) is 0 Å². The minimum atomic E-state index is -0.911. The smallest absolute Gasteiger partial charge is 0.161 e. The van der Waals surface area contributed by atoms with Gasteiger partial charge in [0.25, 0.3) is 0 Å². The van der Waals surface area contributed by atoms with E-state index in [1.807, 2.05) is 36.0 Å². The molecule has 3 heterocycles. The lowest BCUT2D eigenvalue weighted by molar-refractivity contribution is 0.293. The summed E-state index contributed by atoms with van der Waals surface area (Å²) in [5.74, 6) is 2.37. The number of rotatable bonds is 6. The molecule has 6 rings (SSSR count). The number of nitrogens with zero attached hydrogens (tertiary/aromatic N) is 2. The van der Waals surface area contributed by atoms with E-state index in [1.54, 1.807) is 24.2 Å². The van der Waals surface area contributed by atoms with Gasteiger partial charge in [-0.25, -0.2) is 13.8 Å². The van der Waals surface area contributed by atoms with Crippen LogP contribution in [0.4, 0.5) is 8.78 Å². The average molecular weight is 476 g/mol. The normalized spacial score (nSPS) is 16.9. The van der Waals surface area contributed by atoms with Gasteiger partial charge in [0.1, 0.15) is 24.7 Å². The molecule has 2 aromatic carbocycles. The van der Waals surface area contributed by atoms with E-state index >= 15 is 0 Å². The number of hydrogen-bond acceptors (Lipinski definition) is 5. The van der Waals surface area contributed by atoms with Crippen LogP contribution in [0.25, 0.3) is 10.9 Å². The highest BCUT2D eigenvalue weighted by Gasteiger charge is 2.30. The number of pyridine rings is 2. The number of aromatic nitrogens is 2.